The molecule has 3 nitrogen and oxygen atoms in total. The van der Waals surface area contributed by atoms with Gasteiger partial charge in [-0.25, -0.2) is 0 Å². The molecule has 19 heavy (non-hydrogen) atoms. The number of hydrogen-bond acceptors (Lipinski definition) is 2. The first kappa shape index (κ1) is 14.2. The largest absolute Gasteiger partial charge is 0.493 e. The van der Waals surface area contributed by atoms with Crippen molar-refractivity contribution in [1.29, 1.82) is 0 Å². The highest BCUT2D eigenvalue weighted by Gasteiger charge is 2.31. The van der Waals surface area contributed by atoms with Gasteiger partial charge in [0.2, 0.25) is 0 Å². The fourth-order valence-electron chi connectivity index (χ4n) is 2.82. The Balaban J connectivity index is 2.58. The molecule has 2 atom stereocenters. The molecule has 2 unspecified atom stereocenters. The Hall–Kier alpha value is -1.22. The summed E-state index contributed by atoms with van der Waals surface area (Å²) in [5.74, 6) is -0.435. The smallest absolute Gasteiger partial charge is 0.306 e. The van der Waals surface area contributed by atoms with Crippen LogP contribution in [0.1, 0.15) is 42.4 Å². The van der Waals surface area contributed by atoms with Gasteiger partial charge in [-0.2, -0.15) is 0 Å². The number of benzene rings is 1. The van der Waals surface area contributed by atoms with Crippen LogP contribution in [0.5, 0.6) is 5.75 Å². The maximum Gasteiger partial charge on any atom is 0.306 e. The van der Waals surface area contributed by atoms with E-state index >= 15 is 0 Å². The zero-order chi connectivity index (χ0) is 14.2. The third-order valence-corrected chi connectivity index (χ3v) is 4.55. The molecule has 0 radical (unpaired) electrons. The first-order valence-electron chi connectivity index (χ1n) is 6.58. The highest BCUT2D eigenvalue weighted by molar-refractivity contribution is 6.32. The Morgan fingerprint density at radius 2 is 2.21 bits per heavy atom. The zero-order valence-corrected chi connectivity index (χ0v) is 12.3. The first-order valence-corrected chi connectivity index (χ1v) is 6.96. The molecule has 1 heterocycles. The molecule has 1 aromatic rings. The number of carboxylic acids is 1. The highest BCUT2D eigenvalue weighted by atomic mass is 35.5. The van der Waals surface area contributed by atoms with E-state index in [2.05, 4.69) is 0 Å². The Morgan fingerprint density at radius 1 is 1.53 bits per heavy atom. The summed E-state index contributed by atoms with van der Waals surface area (Å²) in [4.78, 5) is 11.3. The van der Waals surface area contributed by atoms with Crippen molar-refractivity contribution in [2.75, 3.05) is 6.61 Å². The van der Waals surface area contributed by atoms with Gasteiger partial charge in [0, 0.05) is 16.5 Å². The molecule has 1 aliphatic heterocycles. The van der Waals surface area contributed by atoms with Gasteiger partial charge in [0.15, 0.2) is 0 Å². The molecule has 0 bridgehead atoms. The van der Waals surface area contributed by atoms with Crippen molar-refractivity contribution < 1.29 is 14.6 Å². The number of rotatable bonds is 2. The van der Waals surface area contributed by atoms with E-state index in [1.807, 2.05) is 19.9 Å². The summed E-state index contributed by atoms with van der Waals surface area (Å²) < 4.78 is 5.77. The number of carbonyl (C=O) groups is 1. The maximum atomic E-state index is 11.3. The fourth-order valence-corrected chi connectivity index (χ4v) is 2.97. The topological polar surface area (TPSA) is 46.5 Å². The number of carboxylic acid groups (broad SMARTS) is 1. The van der Waals surface area contributed by atoms with Crippen LogP contribution in [-0.2, 0) is 4.79 Å². The number of fused-ring (bicyclic) bond motifs is 1. The van der Waals surface area contributed by atoms with Gasteiger partial charge in [0.25, 0.3) is 0 Å². The van der Waals surface area contributed by atoms with E-state index in [0.717, 1.165) is 35.3 Å². The summed E-state index contributed by atoms with van der Waals surface area (Å²) in [6.07, 6.45) is 1.69. The van der Waals surface area contributed by atoms with Crippen molar-refractivity contribution in [3.8, 4) is 5.75 Å². The molecule has 2 rings (SSSR count). The van der Waals surface area contributed by atoms with Crippen LogP contribution in [0, 0.1) is 19.8 Å². The van der Waals surface area contributed by atoms with Gasteiger partial charge in [-0.05, 0) is 43.9 Å². The van der Waals surface area contributed by atoms with Crippen molar-refractivity contribution in [2.24, 2.45) is 5.92 Å². The average Bonchev–Trinajstić information content (AvgIpc) is 2.57. The van der Waals surface area contributed by atoms with Gasteiger partial charge in [-0.3, -0.25) is 4.79 Å². The molecular formula is C15H19ClO3. The van der Waals surface area contributed by atoms with E-state index in [9.17, 15) is 9.90 Å². The quantitative estimate of drug-likeness (QED) is 0.894. The summed E-state index contributed by atoms with van der Waals surface area (Å²) >= 11 is 6.31. The van der Waals surface area contributed by atoms with Crippen LogP contribution in [0.3, 0.4) is 0 Å². The minimum Gasteiger partial charge on any atom is -0.493 e. The molecule has 0 aliphatic carbocycles. The molecule has 0 spiro atoms. The summed E-state index contributed by atoms with van der Waals surface area (Å²) in [7, 11) is 0. The lowest BCUT2D eigenvalue weighted by molar-refractivity contribution is -0.141. The summed E-state index contributed by atoms with van der Waals surface area (Å²) in [5, 5.41) is 10.0. The van der Waals surface area contributed by atoms with Crippen molar-refractivity contribution in [2.45, 2.75) is 39.5 Å². The van der Waals surface area contributed by atoms with E-state index in [0.29, 0.717) is 11.6 Å². The lowest BCUT2D eigenvalue weighted by atomic mass is 9.81. The van der Waals surface area contributed by atoms with E-state index < -0.39 is 11.9 Å². The minimum absolute atomic E-state index is 0.0342. The fraction of sp³-hybridized carbons (Fsp3) is 0.533. The van der Waals surface area contributed by atoms with Gasteiger partial charge in [0.1, 0.15) is 5.75 Å². The molecule has 1 aromatic carbocycles. The van der Waals surface area contributed by atoms with Gasteiger partial charge in [0.05, 0.1) is 12.5 Å². The predicted molar refractivity (Wildman–Crippen MR) is 75.2 cm³/mol. The second kappa shape index (κ2) is 5.41. The number of halogens is 1. The second-order valence-electron chi connectivity index (χ2n) is 5.27. The average molecular weight is 283 g/mol. The standard InChI is InChI=1S/C15H19ClO3/c1-8-7-12-13(10(3)14(8)16)11(5-4-6-19-12)9(2)15(17)18/h7,9,11H,4-6H2,1-3H3,(H,17,18). The molecule has 1 N–H and O–H groups in total. The van der Waals surface area contributed by atoms with Crippen LogP contribution >= 0.6 is 11.6 Å². The molecule has 104 valence electrons. The monoisotopic (exact) mass is 282 g/mol. The van der Waals surface area contributed by atoms with Crippen LogP contribution in [-0.4, -0.2) is 17.7 Å². The number of ether oxygens (including phenoxy) is 1. The summed E-state index contributed by atoms with van der Waals surface area (Å²) in [6.45, 7) is 6.29. The lowest BCUT2D eigenvalue weighted by Gasteiger charge is -2.24. The third kappa shape index (κ3) is 2.57. The molecule has 0 fully saturated rings. The predicted octanol–water partition coefficient (Wildman–Crippen LogP) is 3.93. The Morgan fingerprint density at radius 3 is 2.84 bits per heavy atom. The highest BCUT2D eigenvalue weighted by Crippen LogP contribution is 2.43. The SMILES string of the molecule is Cc1cc2c(c(C)c1Cl)C(C(C)C(=O)O)CCCO2. The zero-order valence-electron chi connectivity index (χ0n) is 11.5. The Bertz CT molecular complexity index is 511. The van der Waals surface area contributed by atoms with Crippen LogP contribution in [0.4, 0.5) is 0 Å². The maximum absolute atomic E-state index is 11.3. The molecule has 0 saturated carbocycles. The van der Waals surface area contributed by atoms with E-state index in [-0.39, 0.29) is 5.92 Å². The van der Waals surface area contributed by atoms with Crippen molar-refractivity contribution in [1.82, 2.24) is 0 Å². The number of hydrogen-bond donors (Lipinski definition) is 1. The van der Waals surface area contributed by atoms with Crippen molar-refractivity contribution >= 4 is 17.6 Å². The Kier molecular flexibility index (Phi) is 4.04. The Labute approximate surface area is 118 Å². The second-order valence-corrected chi connectivity index (χ2v) is 5.65. The summed E-state index contributed by atoms with van der Waals surface area (Å²) in [5.41, 5.74) is 2.90. The van der Waals surface area contributed by atoms with Gasteiger partial charge < -0.3 is 9.84 Å². The number of aliphatic carboxylic acids is 1. The molecule has 4 heteroatoms. The van der Waals surface area contributed by atoms with Crippen LogP contribution in [0.2, 0.25) is 5.02 Å². The van der Waals surface area contributed by atoms with E-state index in [1.165, 1.54) is 0 Å². The van der Waals surface area contributed by atoms with Gasteiger partial charge >= 0.3 is 5.97 Å². The van der Waals surface area contributed by atoms with Gasteiger partial charge in [-0.15, -0.1) is 0 Å². The molecule has 0 aromatic heterocycles. The minimum atomic E-state index is -0.769. The molecule has 0 saturated heterocycles. The van der Waals surface area contributed by atoms with Crippen molar-refractivity contribution in [3.05, 3.63) is 27.8 Å². The van der Waals surface area contributed by atoms with Crippen molar-refractivity contribution in [3.63, 3.8) is 0 Å². The molecule has 0 amide bonds. The van der Waals surface area contributed by atoms with E-state index in [4.69, 9.17) is 16.3 Å². The first-order chi connectivity index (χ1) is 8.93. The van der Waals surface area contributed by atoms with Crippen LogP contribution in [0.25, 0.3) is 0 Å². The summed E-state index contributed by atoms with van der Waals surface area (Å²) in [6, 6.07) is 1.93. The van der Waals surface area contributed by atoms with Crippen LogP contribution < -0.4 is 4.74 Å². The number of aryl methyl sites for hydroxylation is 1. The molecule has 1 aliphatic rings. The van der Waals surface area contributed by atoms with E-state index in [1.54, 1.807) is 6.92 Å². The lowest BCUT2D eigenvalue weighted by Crippen LogP contribution is -2.19. The third-order valence-electron chi connectivity index (χ3n) is 3.97. The molecular weight excluding hydrogens is 264 g/mol. The van der Waals surface area contributed by atoms with Crippen LogP contribution in [0.15, 0.2) is 6.07 Å². The van der Waals surface area contributed by atoms with Gasteiger partial charge in [-0.1, -0.05) is 18.5 Å². The normalized spacial score (nSPS) is 20.1.